The van der Waals surface area contributed by atoms with Crippen LogP contribution in [0.25, 0.3) is 0 Å². The lowest BCUT2D eigenvalue weighted by Gasteiger charge is -2.34. The predicted octanol–water partition coefficient (Wildman–Crippen LogP) is 2.50. The summed E-state index contributed by atoms with van der Waals surface area (Å²) in [6.45, 7) is 3.03. The van der Waals surface area contributed by atoms with E-state index < -0.39 is 10.0 Å². The third-order valence-corrected chi connectivity index (χ3v) is 7.14. The number of benzene rings is 2. The molecule has 0 atom stereocenters. The Hall–Kier alpha value is -2.71. The molecule has 1 saturated heterocycles. The first kappa shape index (κ1) is 22.0. The quantitative estimate of drug-likeness (QED) is 0.630. The maximum absolute atomic E-state index is 12.8. The molecule has 1 aliphatic rings. The fourth-order valence-corrected chi connectivity index (χ4v) is 4.76. The van der Waals surface area contributed by atoms with Gasteiger partial charge in [-0.25, -0.2) is 8.42 Å². The number of ether oxygens (including phenoxy) is 1. The van der Waals surface area contributed by atoms with Crippen molar-refractivity contribution in [2.75, 3.05) is 33.3 Å². The van der Waals surface area contributed by atoms with Gasteiger partial charge in [-0.3, -0.25) is 9.59 Å². The van der Waals surface area contributed by atoms with Gasteiger partial charge in [-0.1, -0.05) is 29.8 Å². The van der Waals surface area contributed by atoms with Gasteiger partial charge in [0.15, 0.2) is 5.78 Å². The zero-order valence-electron chi connectivity index (χ0n) is 17.2. The molecule has 2 aromatic rings. The van der Waals surface area contributed by atoms with E-state index in [1.54, 1.807) is 29.2 Å². The maximum Gasteiger partial charge on any atom is 0.243 e. The molecule has 0 bridgehead atoms. The van der Waals surface area contributed by atoms with E-state index >= 15 is 0 Å². The van der Waals surface area contributed by atoms with Crippen LogP contribution in [-0.4, -0.2) is 62.6 Å². The summed E-state index contributed by atoms with van der Waals surface area (Å²) in [6.07, 6.45) is 0.268. The van der Waals surface area contributed by atoms with Crippen LogP contribution in [0.15, 0.2) is 53.4 Å². The van der Waals surface area contributed by atoms with Crippen LogP contribution >= 0.6 is 0 Å². The van der Waals surface area contributed by atoms with Crippen molar-refractivity contribution in [1.29, 1.82) is 0 Å². The molecule has 1 amide bonds. The number of hydrogen-bond acceptors (Lipinski definition) is 5. The van der Waals surface area contributed by atoms with Crippen molar-refractivity contribution in [1.82, 2.24) is 9.21 Å². The zero-order valence-corrected chi connectivity index (χ0v) is 18.0. The summed E-state index contributed by atoms with van der Waals surface area (Å²) < 4.78 is 32.0. The molecule has 3 rings (SSSR count). The van der Waals surface area contributed by atoms with E-state index in [4.69, 9.17) is 4.74 Å². The summed E-state index contributed by atoms with van der Waals surface area (Å²) >= 11 is 0. The SMILES string of the molecule is COc1ccc(S(=O)(=O)N2CCN(C(=O)CCC(=O)c3ccc(C)cc3)CC2)cc1. The molecule has 8 heteroatoms. The van der Waals surface area contributed by atoms with E-state index in [9.17, 15) is 18.0 Å². The number of ketones is 1. The van der Waals surface area contributed by atoms with Gasteiger partial charge in [0, 0.05) is 44.6 Å². The molecule has 0 N–H and O–H groups in total. The smallest absolute Gasteiger partial charge is 0.243 e. The number of piperazine rings is 1. The molecule has 0 unspecified atom stereocenters. The molecule has 0 aliphatic carbocycles. The van der Waals surface area contributed by atoms with Crippen LogP contribution < -0.4 is 4.74 Å². The molecule has 160 valence electrons. The van der Waals surface area contributed by atoms with Gasteiger partial charge in [0.25, 0.3) is 0 Å². The summed E-state index contributed by atoms with van der Waals surface area (Å²) in [5, 5.41) is 0. The second-order valence-electron chi connectivity index (χ2n) is 7.25. The molecule has 0 saturated carbocycles. The molecular weight excluding hydrogens is 404 g/mol. The number of carbonyl (C=O) groups is 2. The summed E-state index contributed by atoms with van der Waals surface area (Å²) in [7, 11) is -2.09. The standard InChI is InChI=1S/C22H26N2O5S/c1-17-3-5-18(6-4-17)21(25)11-12-22(26)23-13-15-24(16-14-23)30(27,28)20-9-7-19(29-2)8-10-20/h3-10H,11-16H2,1-2H3. The lowest BCUT2D eigenvalue weighted by Crippen LogP contribution is -2.50. The highest BCUT2D eigenvalue weighted by atomic mass is 32.2. The van der Waals surface area contributed by atoms with Crippen LogP contribution in [0.3, 0.4) is 0 Å². The fourth-order valence-electron chi connectivity index (χ4n) is 3.34. The number of carbonyl (C=O) groups excluding carboxylic acids is 2. The van der Waals surface area contributed by atoms with Gasteiger partial charge in [-0.15, -0.1) is 0 Å². The van der Waals surface area contributed by atoms with Crippen LogP contribution in [-0.2, 0) is 14.8 Å². The van der Waals surface area contributed by atoms with Crippen LogP contribution in [0, 0.1) is 6.92 Å². The Morgan fingerprint density at radius 3 is 2.07 bits per heavy atom. The Balaban J connectivity index is 1.52. The van der Waals surface area contributed by atoms with E-state index in [0.717, 1.165) is 5.56 Å². The molecule has 7 nitrogen and oxygen atoms in total. The minimum absolute atomic E-state index is 0.0657. The van der Waals surface area contributed by atoms with Gasteiger partial charge < -0.3 is 9.64 Å². The lowest BCUT2D eigenvalue weighted by atomic mass is 10.0. The van der Waals surface area contributed by atoms with Crippen molar-refractivity contribution in [2.45, 2.75) is 24.7 Å². The molecule has 0 radical (unpaired) electrons. The normalized spacial score (nSPS) is 15.1. The van der Waals surface area contributed by atoms with E-state index in [0.29, 0.717) is 24.4 Å². The summed E-state index contributed by atoms with van der Waals surface area (Å²) in [5.74, 6) is 0.394. The van der Waals surface area contributed by atoms with Crippen LogP contribution in [0.5, 0.6) is 5.75 Å². The average Bonchev–Trinajstić information content (AvgIpc) is 2.77. The molecule has 0 spiro atoms. The molecule has 1 heterocycles. The van der Waals surface area contributed by atoms with Crippen molar-refractivity contribution in [2.24, 2.45) is 0 Å². The van der Waals surface area contributed by atoms with E-state index in [1.807, 2.05) is 19.1 Å². The first-order valence-electron chi connectivity index (χ1n) is 9.83. The number of rotatable bonds is 7. The van der Waals surface area contributed by atoms with E-state index in [2.05, 4.69) is 0 Å². The number of aryl methyl sites for hydroxylation is 1. The molecule has 2 aromatic carbocycles. The van der Waals surface area contributed by atoms with Gasteiger partial charge in [0.1, 0.15) is 5.75 Å². The van der Waals surface area contributed by atoms with Gasteiger partial charge in [0.2, 0.25) is 15.9 Å². The Morgan fingerprint density at radius 2 is 1.50 bits per heavy atom. The van der Waals surface area contributed by atoms with E-state index in [-0.39, 0.29) is 42.5 Å². The van der Waals surface area contributed by atoms with Crippen LogP contribution in [0.2, 0.25) is 0 Å². The monoisotopic (exact) mass is 430 g/mol. The molecule has 1 fully saturated rings. The first-order valence-corrected chi connectivity index (χ1v) is 11.3. The second-order valence-corrected chi connectivity index (χ2v) is 9.19. The van der Waals surface area contributed by atoms with Crippen molar-refractivity contribution in [3.8, 4) is 5.75 Å². The molecule has 1 aliphatic heterocycles. The molecule has 30 heavy (non-hydrogen) atoms. The number of nitrogens with zero attached hydrogens (tertiary/aromatic N) is 2. The average molecular weight is 431 g/mol. The van der Waals surface area contributed by atoms with Crippen LogP contribution in [0.1, 0.15) is 28.8 Å². The number of hydrogen-bond donors (Lipinski definition) is 0. The Bertz CT molecular complexity index is 993. The molecular formula is C22H26N2O5S. The summed E-state index contributed by atoms with van der Waals surface area (Å²) in [4.78, 5) is 26.6. The number of sulfonamides is 1. The Morgan fingerprint density at radius 1 is 0.900 bits per heavy atom. The number of methoxy groups -OCH3 is 1. The Labute approximate surface area is 177 Å². The third kappa shape index (κ3) is 5.06. The second kappa shape index (κ2) is 9.40. The van der Waals surface area contributed by atoms with Crippen molar-refractivity contribution in [3.63, 3.8) is 0 Å². The van der Waals surface area contributed by atoms with Gasteiger partial charge >= 0.3 is 0 Å². The van der Waals surface area contributed by atoms with E-state index in [1.165, 1.54) is 23.5 Å². The van der Waals surface area contributed by atoms with Crippen molar-refractivity contribution < 1.29 is 22.7 Å². The number of Topliss-reactive ketones (excluding diaryl/α,β-unsaturated/α-hetero) is 1. The minimum atomic E-state index is -3.62. The maximum atomic E-state index is 12.8. The lowest BCUT2D eigenvalue weighted by molar-refractivity contribution is -0.132. The highest BCUT2D eigenvalue weighted by Crippen LogP contribution is 2.21. The summed E-state index contributed by atoms with van der Waals surface area (Å²) in [6, 6.07) is 13.5. The third-order valence-electron chi connectivity index (χ3n) is 5.23. The number of amides is 1. The van der Waals surface area contributed by atoms with Gasteiger partial charge in [-0.05, 0) is 31.2 Å². The van der Waals surface area contributed by atoms with Crippen LogP contribution in [0.4, 0.5) is 0 Å². The fraction of sp³-hybridized carbons (Fsp3) is 0.364. The van der Waals surface area contributed by atoms with Crippen molar-refractivity contribution in [3.05, 3.63) is 59.7 Å². The topological polar surface area (TPSA) is 84.0 Å². The minimum Gasteiger partial charge on any atom is -0.497 e. The van der Waals surface area contributed by atoms with Gasteiger partial charge in [0.05, 0.1) is 12.0 Å². The van der Waals surface area contributed by atoms with Gasteiger partial charge in [-0.2, -0.15) is 4.31 Å². The largest absolute Gasteiger partial charge is 0.497 e. The highest BCUT2D eigenvalue weighted by molar-refractivity contribution is 7.89. The predicted molar refractivity (Wildman–Crippen MR) is 113 cm³/mol. The zero-order chi connectivity index (χ0) is 21.7. The molecule has 0 aromatic heterocycles. The summed E-state index contributed by atoms with van der Waals surface area (Å²) in [5.41, 5.74) is 1.67. The Kier molecular flexibility index (Phi) is 6.89. The highest BCUT2D eigenvalue weighted by Gasteiger charge is 2.30. The van der Waals surface area contributed by atoms with Crippen molar-refractivity contribution >= 4 is 21.7 Å². The first-order chi connectivity index (χ1) is 14.3.